The molecule has 5 aliphatic carbocycles. The zero-order valence-electron chi connectivity index (χ0n) is 24.3. The summed E-state index contributed by atoms with van der Waals surface area (Å²) in [5, 5.41) is 3.89. The van der Waals surface area contributed by atoms with Gasteiger partial charge in [0.2, 0.25) is 5.89 Å². The second kappa shape index (κ2) is 8.73. The molecule has 4 heteroatoms. The molecule has 1 spiro atoms. The van der Waals surface area contributed by atoms with Crippen LogP contribution in [0.4, 0.5) is 11.4 Å². The molecule has 3 aromatic carbocycles. The third kappa shape index (κ3) is 3.42. The van der Waals surface area contributed by atoms with Crippen molar-refractivity contribution in [1.82, 2.24) is 4.98 Å². The van der Waals surface area contributed by atoms with Gasteiger partial charge in [-0.2, -0.15) is 0 Å². The zero-order valence-corrected chi connectivity index (χ0v) is 24.3. The molecule has 2 fully saturated rings. The lowest BCUT2D eigenvalue weighted by atomic mass is 9.91. The first-order chi connectivity index (χ1) is 21.7. The molecule has 10 rings (SSSR count). The number of benzene rings is 3. The third-order valence-corrected chi connectivity index (χ3v) is 10.4. The molecule has 1 aliphatic heterocycles. The van der Waals surface area contributed by atoms with Crippen molar-refractivity contribution in [3.63, 3.8) is 0 Å². The van der Waals surface area contributed by atoms with E-state index in [4.69, 9.17) is 9.40 Å². The van der Waals surface area contributed by atoms with Crippen molar-refractivity contribution in [1.29, 1.82) is 0 Å². The van der Waals surface area contributed by atoms with Crippen LogP contribution in [-0.2, 0) is 0 Å². The summed E-state index contributed by atoms with van der Waals surface area (Å²) in [5.41, 5.74) is 11.0. The molecule has 6 aliphatic rings. The van der Waals surface area contributed by atoms with Gasteiger partial charge in [-0.05, 0) is 78.1 Å². The summed E-state index contributed by atoms with van der Waals surface area (Å²) in [5.74, 6) is 2.52. The van der Waals surface area contributed by atoms with Crippen LogP contribution >= 0.6 is 0 Å². The Balaban J connectivity index is 0.00000281. The number of anilines is 2. The molecule has 0 amide bonds. The topological polar surface area (TPSA) is 41.3 Å². The Morgan fingerprint density at radius 1 is 0.909 bits per heavy atom. The molecule has 2 heterocycles. The highest BCUT2D eigenvalue weighted by Crippen LogP contribution is 2.67. The molecule has 4 aromatic rings. The van der Waals surface area contributed by atoms with E-state index in [1.165, 1.54) is 39.3 Å². The minimum absolute atomic E-state index is 0. The number of hydrogen-bond donors (Lipinski definition) is 1. The number of nitrogens with zero attached hydrogens (tertiary/aromatic N) is 2. The highest BCUT2D eigenvalue weighted by atomic mass is 16.4. The lowest BCUT2D eigenvalue weighted by Gasteiger charge is -2.35. The maximum atomic E-state index is 6.35. The van der Waals surface area contributed by atoms with Crippen LogP contribution in [0.15, 0.2) is 138 Å². The first-order valence-corrected chi connectivity index (χ1v) is 15.7. The zero-order chi connectivity index (χ0) is 28.9. The van der Waals surface area contributed by atoms with Crippen LogP contribution in [0.5, 0.6) is 0 Å². The van der Waals surface area contributed by atoms with E-state index >= 15 is 0 Å². The maximum Gasteiger partial charge on any atom is 0.226 e. The summed E-state index contributed by atoms with van der Waals surface area (Å²) in [6, 6.07) is 28.0. The van der Waals surface area contributed by atoms with E-state index in [1.807, 2.05) is 18.2 Å². The Morgan fingerprint density at radius 3 is 2.64 bits per heavy atom. The number of nitrogens with one attached hydrogen (secondary N) is 1. The van der Waals surface area contributed by atoms with Gasteiger partial charge in [-0.25, -0.2) is 4.98 Å². The fraction of sp³-hybridized carbons (Fsp3) is 0.175. The normalized spacial score (nSPS) is 27.8. The van der Waals surface area contributed by atoms with Crippen LogP contribution in [0.2, 0.25) is 0 Å². The second-order valence-corrected chi connectivity index (χ2v) is 12.9. The minimum Gasteiger partial charge on any atom is -0.436 e. The Hall–Kier alpha value is -5.09. The summed E-state index contributed by atoms with van der Waals surface area (Å²) in [7, 11) is 0. The predicted molar refractivity (Wildman–Crippen MR) is 180 cm³/mol. The van der Waals surface area contributed by atoms with Crippen LogP contribution in [0.3, 0.4) is 0 Å². The van der Waals surface area contributed by atoms with Gasteiger partial charge in [0.1, 0.15) is 0 Å². The number of oxazole rings is 1. The fourth-order valence-corrected chi connectivity index (χ4v) is 8.07. The van der Waals surface area contributed by atoms with E-state index < -0.39 is 0 Å². The van der Waals surface area contributed by atoms with Gasteiger partial charge < -0.3 is 14.6 Å². The Kier molecular flexibility index (Phi) is 4.83. The van der Waals surface area contributed by atoms with Crippen LogP contribution < -0.4 is 10.2 Å². The smallest absolute Gasteiger partial charge is 0.226 e. The second-order valence-electron chi connectivity index (χ2n) is 12.9. The van der Waals surface area contributed by atoms with Crippen LogP contribution in [0.1, 0.15) is 49.2 Å². The van der Waals surface area contributed by atoms with E-state index in [-0.39, 0.29) is 12.5 Å². The quantitative estimate of drug-likeness (QED) is 0.259. The monoisotopic (exact) mass is 571 g/mol. The number of fused-ring (bicyclic) bond motifs is 5. The lowest BCUT2D eigenvalue weighted by Crippen LogP contribution is -2.37. The SMILES string of the molecule is C1=CC2CC2(N(C2=CC=C(c3ccc4c(c3)C3=Cc5oc(-c6ccccc6)nc5C5CC35N4)C=CC2)c2ccccc2)C=C1.[HH]. The summed E-state index contributed by atoms with van der Waals surface area (Å²) in [6.45, 7) is 0. The van der Waals surface area contributed by atoms with Crippen LogP contribution in [0, 0.1) is 5.92 Å². The largest absolute Gasteiger partial charge is 0.436 e. The van der Waals surface area contributed by atoms with Crippen molar-refractivity contribution in [3.8, 4) is 11.5 Å². The molecule has 44 heavy (non-hydrogen) atoms. The van der Waals surface area contributed by atoms with E-state index in [2.05, 4.69) is 126 Å². The lowest BCUT2D eigenvalue weighted by molar-refractivity contribution is 0.561. The molecule has 4 atom stereocenters. The average Bonchev–Trinajstić information content (AvgIpc) is 3.93. The average molecular weight is 572 g/mol. The highest BCUT2D eigenvalue weighted by molar-refractivity contribution is 6.03. The summed E-state index contributed by atoms with van der Waals surface area (Å²) < 4.78 is 6.35. The molecule has 0 saturated heterocycles. The van der Waals surface area contributed by atoms with Crippen LogP contribution in [-0.4, -0.2) is 16.1 Å². The first kappa shape index (κ1) is 24.4. The van der Waals surface area contributed by atoms with E-state index in [9.17, 15) is 0 Å². The molecule has 214 valence electrons. The standard InChI is InChI=1S/C40H31N3O.H2/c1-3-10-27(11-4-1)38-41-37-34-25-40(34)33(23-36(37)44-38)32-22-28(18-20-35(32)42-40)26-12-9-16-31(19-17-26)43(30-14-5-2-6-15-30)39-21-8-7-13-29(39)24-39;/h1-15,17-23,29,34,42H,16,24-25H2;1H. The summed E-state index contributed by atoms with van der Waals surface area (Å²) in [4.78, 5) is 7.54. The van der Waals surface area contributed by atoms with Crippen molar-refractivity contribution >= 4 is 28.6 Å². The van der Waals surface area contributed by atoms with Crippen molar-refractivity contribution < 1.29 is 5.84 Å². The van der Waals surface area contributed by atoms with Gasteiger partial charge in [0.25, 0.3) is 0 Å². The van der Waals surface area contributed by atoms with Gasteiger partial charge in [-0.3, -0.25) is 0 Å². The molecule has 4 unspecified atom stereocenters. The highest BCUT2D eigenvalue weighted by Gasteiger charge is 2.64. The molecule has 4 nitrogen and oxygen atoms in total. The first-order valence-electron chi connectivity index (χ1n) is 15.7. The van der Waals surface area contributed by atoms with Crippen molar-refractivity contribution in [3.05, 3.63) is 156 Å². The molecule has 1 aromatic heterocycles. The van der Waals surface area contributed by atoms with Crippen LogP contribution in [0.25, 0.3) is 28.7 Å². The van der Waals surface area contributed by atoms with E-state index in [0.29, 0.717) is 17.7 Å². The molecular weight excluding hydrogens is 538 g/mol. The predicted octanol–water partition coefficient (Wildman–Crippen LogP) is 9.41. The van der Waals surface area contributed by atoms with Crippen molar-refractivity contribution in [2.75, 3.05) is 10.2 Å². The Labute approximate surface area is 258 Å². The molecule has 0 radical (unpaired) electrons. The summed E-state index contributed by atoms with van der Waals surface area (Å²) in [6.07, 6.45) is 23.8. The molecular formula is C40H33N3O. The van der Waals surface area contributed by atoms with Crippen molar-refractivity contribution in [2.45, 2.75) is 36.3 Å². The number of aromatic nitrogens is 1. The van der Waals surface area contributed by atoms with Gasteiger partial charge in [0, 0.05) is 47.9 Å². The Morgan fingerprint density at radius 2 is 1.77 bits per heavy atom. The number of allylic oxidation sites excluding steroid dienone is 7. The third-order valence-electron chi connectivity index (χ3n) is 10.4. The summed E-state index contributed by atoms with van der Waals surface area (Å²) >= 11 is 0. The molecule has 1 N–H and O–H groups in total. The fourth-order valence-electron chi connectivity index (χ4n) is 8.07. The number of rotatable bonds is 5. The number of para-hydroxylation sites is 1. The van der Waals surface area contributed by atoms with Crippen molar-refractivity contribution in [2.24, 2.45) is 5.92 Å². The van der Waals surface area contributed by atoms with Gasteiger partial charge >= 0.3 is 0 Å². The Bertz CT molecular complexity index is 2050. The van der Waals surface area contributed by atoms with Gasteiger partial charge in [-0.1, -0.05) is 85.0 Å². The minimum atomic E-state index is -0.0577. The van der Waals surface area contributed by atoms with Gasteiger partial charge in [0.05, 0.1) is 16.8 Å². The maximum absolute atomic E-state index is 6.35. The van der Waals surface area contributed by atoms with Gasteiger partial charge in [0.15, 0.2) is 5.76 Å². The van der Waals surface area contributed by atoms with E-state index in [0.717, 1.165) is 36.3 Å². The molecule has 2 saturated carbocycles. The van der Waals surface area contributed by atoms with E-state index in [1.54, 1.807) is 0 Å². The van der Waals surface area contributed by atoms with Gasteiger partial charge in [-0.15, -0.1) is 0 Å². The number of hydrogen-bond acceptors (Lipinski definition) is 4. The molecule has 0 bridgehead atoms.